The molecule has 0 saturated heterocycles. The first-order valence-corrected chi connectivity index (χ1v) is 5.35. The zero-order valence-electron chi connectivity index (χ0n) is 10.2. The molecule has 2 aromatic rings. The van der Waals surface area contributed by atoms with Crippen molar-refractivity contribution < 1.29 is 14.3 Å². The Balaban J connectivity index is 2.29. The highest BCUT2D eigenvalue weighted by molar-refractivity contribution is 5.80. The summed E-state index contributed by atoms with van der Waals surface area (Å²) in [5, 5.41) is 0. The maximum atomic E-state index is 12.3. The lowest BCUT2D eigenvalue weighted by molar-refractivity contribution is 0.170. The van der Waals surface area contributed by atoms with Crippen molar-refractivity contribution in [3.05, 3.63) is 36.4 Å². The first kappa shape index (κ1) is 12.5. The number of carbonyl (C=O) groups excluding carboxylic acids is 1. The molecule has 7 heteroatoms. The summed E-state index contributed by atoms with van der Waals surface area (Å²) in [6.45, 7) is 0.542. The maximum Gasteiger partial charge on any atom is 0.339 e. The van der Waals surface area contributed by atoms with Crippen molar-refractivity contribution in [2.24, 2.45) is 0 Å². The summed E-state index contributed by atoms with van der Waals surface area (Å²) >= 11 is 0. The molecule has 0 saturated carbocycles. The monoisotopic (exact) mass is 250 g/mol. The lowest BCUT2D eigenvalue weighted by Crippen LogP contribution is -2.22. The van der Waals surface area contributed by atoms with Crippen molar-refractivity contribution in [3.8, 4) is 0 Å². The zero-order chi connectivity index (χ0) is 13.0. The minimum atomic E-state index is -0.260. The maximum absolute atomic E-state index is 12.3. The highest BCUT2D eigenvalue weighted by Crippen LogP contribution is 2.05. The van der Waals surface area contributed by atoms with Crippen LogP contribution in [0.2, 0.25) is 0 Å². The van der Waals surface area contributed by atoms with Crippen LogP contribution in [-0.4, -0.2) is 39.4 Å². The average Bonchev–Trinajstić information content (AvgIpc) is 2.98. The van der Waals surface area contributed by atoms with Crippen LogP contribution in [0.3, 0.4) is 0 Å². The molecule has 0 N–H and O–H groups in total. The summed E-state index contributed by atoms with van der Waals surface area (Å²) in [6.07, 6.45) is 6.29. The molecule has 0 fully saturated rings. The normalized spacial score (nSPS) is 10.8. The molecule has 7 nitrogen and oxygen atoms in total. The predicted molar refractivity (Wildman–Crippen MR) is 62.1 cm³/mol. The van der Waals surface area contributed by atoms with Crippen LogP contribution in [0.15, 0.2) is 24.8 Å². The summed E-state index contributed by atoms with van der Waals surface area (Å²) in [5.41, 5.74) is 0. The number of aromatic nitrogens is 4. The average molecular weight is 250 g/mol. The van der Waals surface area contributed by atoms with Crippen molar-refractivity contribution in [1.29, 1.82) is 0 Å². The van der Waals surface area contributed by atoms with Crippen LogP contribution in [0.1, 0.15) is 11.6 Å². The fourth-order valence-electron chi connectivity index (χ4n) is 1.60. The summed E-state index contributed by atoms with van der Waals surface area (Å²) in [6, 6.07) is -0.260. The van der Waals surface area contributed by atoms with Gasteiger partial charge < -0.3 is 9.47 Å². The van der Waals surface area contributed by atoms with Crippen LogP contribution < -0.4 is 0 Å². The molecule has 18 heavy (non-hydrogen) atoms. The summed E-state index contributed by atoms with van der Waals surface area (Å²) in [7, 11) is 3.11. The lowest BCUT2D eigenvalue weighted by Gasteiger charge is -2.08. The van der Waals surface area contributed by atoms with E-state index in [9.17, 15) is 4.79 Å². The molecule has 0 bridgehead atoms. The van der Waals surface area contributed by atoms with Gasteiger partial charge in [-0.05, 0) is 0 Å². The lowest BCUT2D eigenvalue weighted by atomic mass is 10.6. The Morgan fingerprint density at radius 1 is 1.06 bits per heavy atom. The largest absolute Gasteiger partial charge is 0.377 e. The molecule has 0 aliphatic carbocycles. The van der Waals surface area contributed by atoms with Gasteiger partial charge in [0.05, 0.1) is 0 Å². The third kappa shape index (κ3) is 2.31. The molecule has 0 spiro atoms. The molecular formula is C11H14N4O3. The van der Waals surface area contributed by atoms with Gasteiger partial charge in [0.1, 0.15) is 24.9 Å². The van der Waals surface area contributed by atoms with E-state index in [2.05, 4.69) is 9.97 Å². The van der Waals surface area contributed by atoms with Gasteiger partial charge in [0.15, 0.2) is 0 Å². The fraction of sp³-hybridized carbons (Fsp3) is 0.364. The van der Waals surface area contributed by atoms with E-state index >= 15 is 0 Å². The summed E-state index contributed by atoms with van der Waals surface area (Å²) in [5.74, 6) is 1.08. The molecule has 0 unspecified atom stereocenters. The number of imidazole rings is 2. The standard InChI is InChI=1S/C11H14N4O3/c1-17-7-9-12-3-5-14(9)11(16)15-6-4-13-10(15)8-18-2/h3-6H,7-8H2,1-2H3. The Kier molecular flexibility index (Phi) is 3.85. The van der Waals surface area contributed by atoms with Crippen LogP contribution in [0.25, 0.3) is 0 Å². The molecular weight excluding hydrogens is 236 g/mol. The number of hydrogen-bond acceptors (Lipinski definition) is 5. The van der Waals surface area contributed by atoms with E-state index in [0.717, 1.165) is 0 Å². The predicted octanol–water partition coefficient (Wildman–Crippen LogP) is 0.889. The fourth-order valence-corrected chi connectivity index (χ4v) is 1.60. The SMILES string of the molecule is COCc1nccn1C(=O)n1ccnc1COC. The van der Waals surface area contributed by atoms with Crippen molar-refractivity contribution >= 4 is 6.03 Å². The highest BCUT2D eigenvalue weighted by atomic mass is 16.5. The molecule has 2 aromatic heterocycles. The van der Waals surface area contributed by atoms with E-state index in [-0.39, 0.29) is 19.2 Å². The Labute approximate surface area is 104 Å². The number of ether oxygens (including phenoxy) is 2. The first-order chi connectivity index (χ1) is 8.77. The minimum Gasteiger partial charge on any atom is -0.377 e. The van der Waals surface area contributed by atoms with Gasteiger partial charge in [-0.1, -0.05) is 0 Å². The van der Waals surface area contributed by atoms with E-state index in [1.165, 1.54) is 9.13 Å². The molecule has 0 atom stereocenters. The summed E-state index contributed by atoms with van der Waals surface area (Å²) < 4.78 is 12.8. The van der Waals surface area contributed by atoms with Crippen molar-refractivity contribution in [2.75, 3.05) is 14.2 Å². The Morgan fingerprint density at radius 2 is 1.50 bits per heavy atom. The molecule has 0 aliphatic rings. The van der Waals surface area contributed by atoms with Gasteiger partial charge in [-0.3, -0.25) is 9.13 Å². The Bertz CT molecular complexity index is 486. The molecule has 0 radical (unpaired) electrons. The number of rotatable bonds is 4. The van der Waals surface area contributed by atoms with E-state index in [1.807, 2.05) is 0 Å². The Hall–Kier alpha value is -1.99. The van der Waals surface area contributed by atoms with Crippen LogP contribution in [0.4, 0.5) is 4.79 Å². The molecule has 0 aliphatic heterocycles. The van der Waals surface area contributed by atoms with Crippen molar-refractivity contribution in [1.82, 2.24) is 19.1 Å². The number of methoxy groups -OCH3 is 2. The first-order valence-electron chi connectivity index (χ1n) is 5.35. The topological polar surface area (TPSA) is 71.2 Å². The third-order valence-electron chi connectivity index (χ3n) is 2.39. The van der Waals surface area contributed by atoms with E-state index in [1.54, 1.807) is 39.0 Å². The van der Waals surface area contributed by atoms with E-state index in [0.29, 0.717) is 11.6 Å². The number of hydrogen-bond donors (Lipinski definition) is 0. The highest BCUT2D eigenvalue weighted by Gasteiger charge is 2.15. The van der Waals surface area contributed by atoms with Crippen LogP contribution in [0, 0.1) is 0 Å². The molecule has 2 heterocycles. The summed E-state index contributed by atoms with van der Waals surface area (Å²) in [4.78, 5) is 20.4. The quantitative estimate of drug-likeness (QED) is 0.805. The zero-order valence-corrected chi connectivity index (χ0v) is 10.2. The van der Waals surface area contributed by atoms with Gasteiger partial charge in [-0.2, -0.15) is 0 Å². The second-order valence-electron chi connectivity index (χ2n) is 3.58. The van der Waals surface area contributed by atoms with Gasteiger partial charge in [0.25, 0.3) is 0 Å². The number of nitrogens with zero attached hydrogens (tertiary/aromatic N) is 4. The third-order valence-corrected chi connectivity index (χ3v) is 2.39. The smallest absolute Gasteiger partial charge is 0.339 e. The van der Waals surface area contributed by atoms with Crippen LogP contribution in [-0.2, 0) is 22.7 Å². The molecule has 0 aromatic carbocycles. The van der Waals surface area contributed by atoms with Crippen molar-refractivity contribution in [3.63, 3.8) is 0 Å². The number of carbonyl (C=O) groups is 1. The van der Waals surface area contributed by atoms with Gasteiger partial charge in [0.2, 0.25) is 0 Å². The second kappa shape index (κ2) is 5.56. The molecule has 96 valence electrons. The van der Waals surface area contributed by atoms with Crippen LogP contribution in [0.5, 0.6) is 0 Å². The van der Waals surface area contributed by atoms with Gasteiger partial charge in [0, 0.05) is 39.0 Å². The molecule has 2 rings (SSSR count). The minimum absolute atomic E-state index is 0.260. The van der Waals surface area contributed by atoms with E-state index in [4.69, 9.17) is 9.47 Å². The van der Waals surface area contributed by atoms with Gasteiger partial charge >= 0.3 is 6.03 Å². The Morgan fingerprint density at radius 3 is 1.89 bits per heavy atom. The van der Waals surface area contributed by atoms with Crippen molar-refractivity contribution in [2.45, 2.75) is 13.2 Å². The van der Waals surface area contributed by atoms with E-state index < -0.39 is 0 Å². The second-order valence-corrected chi connectivity index (χ2v) is 3.58. The molecule has 0 amide bonds. The van der Waals surface area contributed by atoms with Crippen LogP contribution >= 0.6 is 0 Å². The van der Waals surface area contributed by atoms with Gasteiger partial charge in [-0.15, -0.1) is 0 Å². The van der Waals surface area contributed by atoms with Gasteiger partial charge in [-0.25, -0.2) is 14.8 Å².